The van der Waals surface area contributed by atoms with E-state index < -0.39 is 24.0 Å². The Morgan fingerprint density at radius 1 is 1.35 bits per heavy atom. The summed E-state index contributed by atoms with van der Waals surface area (Å²) in [4.78, 5) is 23.1. The van der Waals surface area contributed by atoms with Crippen LogP contribution >= 0.6 is 11.8 Å². The van der Waals surface area contributed by atoms with Crippen LogP contribution in [0.3, 0.4) is 0 Å². The van der Waals surface area contributed by atoms with Crippen LogP contribution in [0.25, 0.3) is 0 Å². The van der Waals surface area contributed by atoms with E-state index in [0.717, 1.165) is 5.56 Å². The molecule has 0 radical (unpaired) electrons. The number of carbonyl (C=O) groups excluding carboxylic acids is 1. The van der Waals surface area contributed by atoms with Crippen molar-refractivity contribution in [2.75, 3.05) is 12.0 Å². The van der Waals surface area contributed by atoms with Gasteiger partial charge in [-0.05, 0) is 30.9 Å². The van der Waals surface area contributed by atoms with Gasteiger partial charge in [0, 0.05) is 0 Å². The molecule has 0 aliphatic heterocycles. The Morgan fingerprint density at radius 3 is 2.45 bits per heavy atom. The molecule has 0 fully saturated rings. The highest BCUT2D eigenvalue weighted by atomic mass is 32.2. The van der Waals surface area contributed by atoms with Crippen molar-refractivity contribution in [3.8, 4) is 0 Å². The third kappa shape index (κ3) is 4.86. The van der Waals surface area contributed by atoms with E-state index in [0.29, 0.717) is 17.7 Å². The van der Waals surface area contributed by atoms with Crippen molar-refractivity contribution >= 4 is 23.6 Å². The Labute approximate surface area is 122 Å². The van der Waals surface area contributed by atoms with E-state index in [-0.39, 0.29) is 0 Å². The number of hydrogen-bond donors (Lipinski definition) is 3. The lowest BCUT2D eigenvalue weighted by atomic mass is 10.0. The van der Waals surface area contributed by atoms with Gasteiger partial charge in [-0.25, -0.2) is 4.79 Å². The zero-order valence-electron chi connectivity index (χ0n) is 11.6. The first-order valence-electron chi connectivity index (χ1n) is 6.30. The van der Waals surface area contributed by atoms with Gasteiger partial charge in [-0.15, -0.1) is 0 Å². The number of amides is 1. The summed E-state index contributed by atoms with van der Waals surface area (Å²) in [5.74, 6) is -0.845. The van der Waals surface area contributed by atoms with E-state index in [1.807, 2.05) is 25.3 Å². The van der Waals surface area contributed by atoms with Crippen LogP contribution in [0, 0.1) is 6.92 Å². The van der Waals surface area contributed by atoms with Gasteiger partial charge in [-0.1, -0.05) is 29.8 Å². The predicted octanol–water partition coefficient (Wildman–Crippen LogP) is 1.32. The first-order valence-corrected chi connectivity index (χ1v) is 7.69. The van der Waals surface area contributed by atoms with E-state index in [4.69, 9.17) is 10.8 Å². The summed E-state index contributed by atoms with van der Waals surface area (Å²) in [6.45, 7) is 1.94. The predicted molar refractivity (Wildman–Crippen MR) is 80.7 cm³/mol. The fourth-order valence-corrected chi connectivity index (χ4v) is 2.15. The van der Waals surface area contributed by atoms with E-state index in [9.17, 15) is 9.59 Å². The molecule has 0 saturated heterocycles. The van der Waals surface area contributed by atoms with Crippen molar-refractivity contribution in [1.29, 1.82) is 0 Å². The molecule has 0 aliphatic carbocycles. The highest BCUT2D eigenvalue weighted by Gasteiger charge is 2.23. The third-order valence-electron chi connectivity index (χ3n) is 2.94. The molecule has 0 aliphatic rings. The molecule has 2 atom stereocenters. The summed E-state index contributed by atoms with van der Waals surface area (Å²) >= 11 is 1.53. The summed E-state index contributed by atoms with van der Waals surface area (Å²) in [7, 11) is 0. The van der Waals surface area contributed by atoms with Crippen molar-refractivity contribution in [3.63, 3.8) is 0 Å². The van der Waals surface area contributed by atoms with Gasteiger partial charge in [0.15, 0.2) is 0 Å². The van der Waals surface area contributed by atoms with Crippen molar-refractivity contribution in [2.45, 2.75) is 25.4 Å². The second-order valence-electron chi connectivity index (χ2n) is 4.57. The molecule has 0 bridgehead atoms. The zero-order valence-corrected chi connectivity index (χ0v) is 12.4. The Bertz CT molecular complexity index is 462. The number of carbonyl (C=O) groups is 2. The number of aliphatic carboxylic acids is 1. The molecule has 1 amide bonds. The molecule has 5 nitrogen and oxygen atoms in total. The minimum atomic E-state index is -1.04. The summed E-state index contributed by atoms with van der Waals surface area (Å²) in [5.41, 5.74) is 7.60. The third-order valence-corrected chi connectivity index (χ3v) is 3.59. The molecule has 6 heteroatoms. The van der Waals surface area contributed by atoms with E-state index in [1.54, 1.807) is 12.1 Å². The van der Waals surface area contributed by atoms with Gasteiger partial charge in [0.2, 0.25) is 5.91 Å². The largest absolute Gasteiger partial charge is 0.480 e. The smallest absolute Gasteiger partial charge is 0.326 e. The number of thioether (sulfide) groups is 1. The topological polar surface area (TPSA) is 92.4 Å². The Balaban J connectivity index is 2.68. The molecular formula is C14H20N2O3S. The lowest BCUT2D eigenvalue weighted by Gasteiger charge is -2.17. The fourth-order valence-electron chi connectivity index (χ4n) is 1.68. The highest BCUT2D eigenvalue weighted by Crippen LogP contribution is 2.12. The van der Waals surface area contributed by atoms with Crippen LogP contribution < -0.4 is 11.1 Å². The van der Waals surface area contributed by atoms with Crippen LogP contribution in [0.15, 0.2) is 24.3 Å². The Morgan fingerprint density at radius 2 is 1.95 bits per heavy atom. The van der Waals surface area contributed by atoms with Gasteiger partial charge in [0.1, 0.15) is 12.1 Å². The molecule has 1 aromatic carbocycles. The monoisotopic (exact) mass is 296 g/mol. The number of carboxylic acids is 1. The Hall–Kier alpha value is -1.53. The van der Waals surface area contributed by atoms with Gasteiger partial charge in [-0.3, -0.25) is 4.79 Å². The van der Waals surface area contributed by atoms with Gasteiger partial charge >= 0.3 is 5.97 Å². The molecule has 0 heterocycles. The summed E-state index contributed by atoms with van der Waals surface area (Å²) in [6.07, 6.45) is 2.27. The maximum atomic E-state index is 12.0. The number of nitrogens with two attached hydrogens (primary N) is 1. The number of rotatable bonds is 7. The van der Waals surface area contributed by atoms with Crippen molar-refractivity contribution in [3.05, 3.63) is 35.4 Å². The molecule has 110 valence electrons. The first kappa shape index (κ1) is 16.5. The quantitative estimate of drug-likeness (QED) is 0.705. The van der Waals surface area contributed by atoms with Crippen LogP contribution in [-0.4, -0.2) is 35.0 Å². The minimum Gasteiger partial charge on any atom is -0.480 e. The van der Waals surface area contributed by atoms with Gasteiger partial charge in [0.05, 0.1) is 0 Å². The second kappa shape index (κ2) is 7.91. The normalized spacial score (nSPS) is 13.6. The second-order valence-corrected chi connectivity index (χ2v) is 5.55. The molecule has 0 aromatic heterocycles. The average molecular weight is 296 g/mol. The molecule has 2 unspecified atom stereocenters. The number of nitrogens with one attached hydrogen (secondary N) is 1. The molecule has 1 rings (SSSR count). The van der Waals surface area contributed by atoms with Crippen molar-refractivity contribution in [2.24, 2.45) is 5.73 Å². The van der Waals surface area contributed by atoms with Crippen LogP contribution in [0.4, 0.5) is 0 Å². The van der Waals surface area contributed by atoms with Crippen molar-refractivity contribution < 1.29 is 14.7 Å². The van der Waals surface area contributed by atoms with Gasteiger partial charge in [0.25, 0.3) is 0 Å². The minimum absolute atomic E-state index is 0.378. The van der Waals surface area contributed by atoms with Crippen LogP contribution in [0.2, 0.25) is 0 Å². The molecule has 1 aromatic rings. The van der Waals surface area contributed by atoms with E-state index in [2.05, 4.69) is 5.32 Å². The maximum Gasteiger partial charge on any atom is 0.326 e. The molecule has 20 heavy (non-hydrogen) atoms. The molecule has 0 saturated carbocycles. The molecular weight excluding hydrogens is 276 g/mol. The number of carboxylic acid groups (broad SMARTS) is 1. The molecule has 0 spiro atoms. The highest BCUT2D eigenvalue weighted by molar-refractivity contribution is 7.98. The Kier molecular flexibility index (Phi) is 6.54. The zero-order chi connectivity index (χ0) is 15.1. The summed E-state index contributed by atoms with van der Waals surface area (Å²) in [6, 6.07) is 5.53. The number of aryl methyl sites for hydroxylation is 1. The van der Waals surface area contributed by atoms with Crippen molar-refractivity contribution in [1.82, 2.24) is 5.32 Å². The first-order chi connectivity index (χ1) is 9.45. The van der Waals surface area contributed by atoms with E-state index >= 15 is 0 Å². The number of benzene rings is 1. The maximum absolute atomic E-state index is 12.0. The van der Waals surface area contributed by atoms with Gasteiger partial charge in [-0.2, -0.15) is 11.8 Å². The number of hydrogen-bond acceptors (Lipinski definition) is 4. The molecule has 4 N–H and O–H groups in total. The lowest BCUT2D eigenvalue weighted by Crippen LogP contribution is -2.45. The average Bonchev–Trinajstić information content (AvgIpc) is 2.42. The van der Waals surface area contributed by atoms with Gasteiger partial charge < -0.3 is 16.2 Å². The summed E-state index contributed by atoms with van der Waals surface area (Å²) < 4.78 is 0. The van der Waals surface area contributed by atoms with Crippen LogP contribution in [-0.2, 0) is 9.59 Å². The SMILES string of the molecule is CSCCC(NC(=O)C(N)c1ccc(C)cc1)C(=O)O. The lowest BCUT2D eigenvalue weighted by molar-refractivity contribution is -0.142. The van der Waals surface area contributed by atoms with Crippen LogP contribution in [0.1, 0.15) is 23.6 Å². The standard InChI is InChI=1S/C14H20N2O3S/c1-9-3-5-10(6-4-9)12(15)13(17)16-11(14(18)19)7-8-20-2/h3-6,11-12H,7-8,15H2,1-2H3,(H,16,17)(H,18,19). The summed E-state index contributed by atoms with van der Waals surface area (Å²) in [5, 5.41) is 11.6. The van der Waals surface area contributed by atoms with E-state index in [1.165, 1.54) is 11.8 Å². The van der Waals surface area contributed by atoms with Crippen LogP contribution in [0.5, 0.6) is 0 Å². The fraction of sp³-hybridized carbons (Fsp3) is 0.429.